The van der Waals surface area contributed by atoms with Crippen molar-refractivity contribution in [2.45, 2.75) is 33.4 Å². The summed E-state index contributed by atoms with van der Waals surface area (Å²) in [6.45, 7) is 5.74. The molecule has 0 fully saturated rings. The van der Waals surface area contributed by atoms with Gasteiger partial charge in [0.15, 0.2) is 0 Å². The van der Waals surface area contributed by atoms with Crippen molar-refractivity contribution in [1.82, 2.24) is 4.67 Å². The van der Waals surface area contributed by atoms with Crippen LogP contribution in [-0.2, 0) is 19.5 Å². The van der Waals surface area contributed by atoms with Crippen molar-refractivity contribution >= 4 is 8.53 Å². The molecular formula is C29H28NO2P. The molecule has 0 aromatic heterocycles. The van der Waals surface area contributed by atoms with Gasteiger partial charge in [-0.2, -0.15) is 0 Å². The molecule has 1 heterocycles. The van der Waals surface area contributed by atoms with E-state index in [1.807, 2.05) is 0 Å². The molecule has 0 amide bonds. The van der Waals surface area contributed by atoms with E-state index in [2.05, 4.69) is 116 Å². The van der Waals surface area contributed by atoms with E-state index in [9.17, 15) is 0 Å². The van der Waals surface area contributed by atoms with Crippen LogP contribution in [0, 0.1) is 13.8 Å². The number of hydrogen-bond donors (Lipinski definition) is 0. The Balaban J connectivity index is 1.56. The fourth-order valence-electron chi connectivity index (χ4n) is 4.14. The maximum absolute atomic E-state index is 6.65. The first-order chi connectivity index (χ1) is 16.1. The highest BCUT2D eigenvalue weighted by Crippen LogP contribution is 2.49. The van der Waals surface area contributed by atoms with Gasteiger partial charge in [0.1, 0.15) is 11.5 Å². The first kappa shape index (κ1) is 21.7. The van der Waals surface area contributed by atoms with E-state index in [1.54, 1.807) is 0 Å². The first-order valence-electron chi connectivity index (χ1n) is 11.3. The highest BCUT2D eigenvalue weighted by atomic mass is 31.2. The summed E-state index contributed by atoms with van der Waals surface area (Å²) in [6.07, 6.45) is 0.800. The topological polar surface area (TPSA) is 21.7 Å². The largest absolute Gasteiger partial charge is 0.427 e. The lowest BCUT2D eigenvalue weighted by Gasteiger charge is -2.32. The zero-order chi connectivity index (χ0) is 22.6. The van der Waals surface area contributed by atoms with Crippen molar-refractivity contribution < 1.29 is 9.05 Å². The van der Waals surface area contributed by atoms with E-state index >= 15 is 0 Å². The number of hydrogen-bond acceptors (Lipinski definition) is 3. The van der Waals surface area contributed by atoms with Crippen molar-refractivity contribution in [3.8, 4) is 11.5 Å². The number of rotatable bonds is 5. The molecule has 4 aromatic carbocycles. The van der Waals surface area contributed by atoms with Gasteiger partial charge < -0.3 is 9.05 Å². The van der Waals surface area contributed by atoms with Gasteiger partial charge >= 0.3 is 8.53 Å². The Labute approximate surface area is 197 Å². The first-order valence-corrected chi connectivity index (χ1v) is 12.4. The SMILES string of the molecule is Cc1ccc2c(c1)Cc1cc(C)ccc1OP(N(Cc1ccccc1)Cc1ccccc1)O2. The minimum Gasteiger partial charge on any atom is -0.427 e. The van der Waals surface area contributed by atoms with Crippen LogP contribution in [0.25, 0.3) is 0 Å². The zero-order valence-electron chi connectivity index (χ0n) is 19.1. The van der Waals surface area contributed by atoms with Crippen molar-refractivity contribution in [2.24, 2.45) is 0 Å². The summed E-state index contributed by atoms with van der Waals surface area (Å²) in [5.74, 6) is 1.81. The average Bonchev–Trinajstić information content (AvgIpc) is 2.81. The van der Waals surface area contributed by atoms with Crippen molar-refractivity contribution in [3.05, 3.63) is 130 Å². The molecular weight excluding hydrogens is 425 g/mol. The molecule has 0 atom stereocenters. The molecule has 0 bridgehead atoms. The Morgan fingerprint density at radius 2 is 1.09 bits per heavy atom. The Kier molecular flexibility index (Phi) is 6.44. The summed E-state index contributed by atoms with van der Waals surface area (Å²) in [5, 5.41) is 0. The normalized spacial score (nSPS) is 13.3. The van der Waals surface area contributed by atoms with Gasteiger partial charge in [0, 0.05) is 19.5 Å². The lowest BCUT2D eigenvalue weighted by molar-refractivity contribution is 0.337. The lowest BCUT2D eigenvalue weighted by Crippen LogP contribution is -2.23. The molecule has 3 nitrogen and oxygen atoms in total. The van der Waals surface area contributed by atoms with E-state index in [0.717, 1.165) is 31.0 Å². The molecule has 0 saturated carbocycles. The zero-order valence-corrected chi connectivity index (χ0v) is 20.0. The predicted molar refractivity (Wildman–Crippen MR) is 135 cm³/mol. The van der Waals surface area contributed by atoms with Gasteiger partial charge in [0.05, 0.1) is 0 Å². The third kappa shape index (κ3) is 5.27. The second kappa shape index (κ2) is 9.79. The van der Waals surface area contributed by atoms with Crippen LogP contribution in [0.5, 0.6) is 11.5 Å². The third-order valence-electron chi connectivity index (χ3n) is 5.81. The summed E-state index contributed by atoms with van der Waals surface area (Å²) in [7, 11) is -1.39. The van der Waals surface area contributed by atoms with E-state index in [-0.39, 0.29) is 0 Å². The fraction of sp³-hybridized carbons (Fsp3) is 0.172. The molecule has 166 valence electrons. The smallest absolute Gasteiger partial charge is 0.385 e. The van der Waals surface area contributed by atoms with Gasteiger partial charge in [-0.3, -0.25) is 0 Å². The van der Waals surface area contributed by atoms with Gasteiger partial charge in [-0.25, -0.2) is 4.67 Å². The second-order valence-corrected chi connectivity index (χ2v) is 10.0. The third-order valence-corrected chi connectivity index (χ3v) is 7.26. The monoisotopic (exact) mass is 453 g/mol. The van der Waals surface area contributed by atoms with Crippen molar-refractivity contribution in [2.75, 3.05) is 0 Å². The van der Waals surface area contributed by atoms with Gasteiger partial charge in [0.25, 0.3) is 0 Å². The Hall–Kier alpha value is -3.13. The molecule has 1 aliphatic rings. The van der Waals surface area contributed by atoms with Gasteiger partial charge in [-0.1, -0.05) is 96.1 Å². The minimum absolute atomic E-state index is 0.740. The molecule has 0 aliphatic carbocycles. The Morgan fingerprint density at radius 1 is 0.636 bits per heavy atom. The number of nitrogens with zero attached hydrogens (tertiary/aromatic N) is 1. The van der Waals surface area contributed by atoms with Crippen LogP contribution in [0.15, 0.2) is 97.1 Å². The molecule has 0 N–H and O–H groups in total. The summed E-state index contributed by atoms with van der Waals surface area (Å²) in [5.41, 5.74) is 7.36. The molecule has 0 spiro atoms. The molecule has 0 saturated heterocycles. The second-order valence-electron chi connectivity index (χ2n) is 8.61. The van der Waals surface area contributed by atoms with Gasteiger partial charge in [-0.05, 0) is 48.2 Å². The van der Waals surface area contributed by atoms with Crippen LogP contribution < -0.4 is 9.05 Å². The molecule has 33 heavy (non-hydrogen) atoms. The highest BCUT2D eigenvalue weighted by Gasteiger charge is 2.29. The van der Waals surface area contributed by atoms with E-state index in [1.165, 1.54) is 33.4 Å². The van der Waals surface area contributed by atoms with Crippen LogP contribution in [0.3, 0.4) is 0 Å². The summed E-state index contributed by atoms with van der Waals surface area (Å²) < 4.78 is 15.6. The van der Waals surface area contributed by atoms with Gasteiger partial charge in [0.2, 0.25) is 0 Å². The molecule has 0 radical (unpaired) electrons. The Bertz CT molecular complexity index is 1130. The minimum atomic E-state index is -1.39. The summed E-state index contributed by atoms with van der Waals surface area (Å²) in [4.78, 5) is 0. The molecule has 0 unspecified atom stereocenters. The van der Waals surface area contributed by atoms with Crippen molar-refractivity contribution in [3.63, 3.8) is 0 Å². The standard InChI is InChI=1S/C29H28NO2P/c1-22-13-15-28-26(17-22)19-27-18-23(2)14-16-29(27)32-33(31-28)30(20-24-9-5-3-6-10-24)21-25-11-7-4-8-12-25/h3-18H,19-21H2,1-2H3. The highest BCUT2D eigenvalue weighted by molar-refractivity contribution is 7.45. The average molecular weight is 454 g/mol. The van der Waals surface area contributed by atoms with Gasteiger partial charge in [-0.15, -0.1) is 0 Å². The van der Waals surface area contributed by atoms with Crippen LogP contribution >= 0.6 is 8.53 Å². The molecule has 4 aromatic rings. The van der Waals surface area contributed by atoms with E-state index < -0.39 is 8.53 Å². The van der Waals surface area contributed by atoms with Crippen LogP contribution in [0.1, 0.15) is 33.4 Å². The predicted octanol–water partition coefficient (Wildman–Crippen LogP) is 7.59. The maximum atomic E-state index is 6.65. The van der Waals surface area contributed by atoms with E-state index in [4.69, 9.17) is 9.05 Å². The number of aryl methyl sites for hydroxylation is 2. The van der Waals surface area contributed by atoms with Crippen LogP contribution in [-0.4, -0.2) is 4.67 Å². The molecule has 5 rings (SSSR count). The van der Waals surface area contributed by atoms with Crippen molar-refractivity contribution in [1.29, 1.82) is 0 Å². The van der Waals surface area contributed by atoms with E-state index in [0.29, 0.717) is 0 Å². The Morgan fingerprint density at radius 3 is 1.55 bits per heavy atom. The van der Waals surface area contributed by atoms with Crippen LogP contribution in [0.2, 0.25) is 0 Å². The number of benzene rings is 4. The lowest BCUT2D eigenvalue weighted by atomic mass is 10.00. The summed E-state index contributed by atoms with van der Waals surface area (Å²) >= 11 is 0. The molecule has 4 heteroatoms. The fourth-order valence-corrected chi connectivity index (χ4v) is 5.66. The maximum Gasteiger partial charge on any atom is 0.385 e. The number of fused-ring (bicyclic) bond motifs is 2. The molecule has 1 aliphatic heterocycles. The summed E-state index contributed by atoms with van der Waals surface area (Å²) in [6, 6.07) is 34.0. The van der Waals surface area contributed by atoms with Crippen LogP contribution in [0.4, 0.5) is 0 Å². The quantitative estimate of drug-likeness (QED) is 0.291.